The summed E-state index contributed by atoms with van der Waals surface area (Å²) in [6.45, 7) is 4.20. The van der Waals surface area contributed by atoms with Crippen molar-refractivity contribution in [1.29, 1.82) is 0 Å². The Balaban J connectivity index is 2.18. The van der Waals surface area contributed by atoms with Crippen molar-refractivity contribution < 1.29 is 4.74 Å². The van der Waals surface area contributed by atoms with E-state index in [1.807, 2.05) is 13.0 Å². The van der Waals surface area contributed by atoms with Crippen molar-refractivity contribution in [1.82, 2.24) is 5.32 Å². The summed E-state index contributed by atoms with van der Waals surface area (Å²) in [7, 11) is 0. The van der Waals surface area contributed by atoms with E-state index in [9.17, 15) is 0 Å². The molecule has 1 aromatic carbocycles. The lowest BCUT2D eigenvalue weighted by molar-refractivity contribution is 0.0482. The highest BCUT2D eigenvalue weighted by Crippen LogP contribution is 2.27. The van der Waals surface area contributed by atoms with Gasteiger partial charge in [-0.3, -0.25) is 5.32 Å². The predicted octanol–water partition coefficient (Wildman–Crippen LogP) is 2.08. The number of rotatable bonds is 1. The zero-order chi connectivity index (χ0) is 9.26. The van der Waals surface area contributed by atoms with Gasteiger partial charge in [0.15, 0.2) is 0 Å². The minimum absolute atomic E-state index is 0.167. The Hall–Kier alpha value is -0.860. The molecule has 0 saturated carbocycles. The molecule has 0 aliphatic carbocycles. The molecule has 2 nitrogen and oxygen atoms in total. The molecular weight excluding hydrogens is 162 g/mol. The van der Waals surface area contributed by atoms with Gasteiger partial charge in [0.25, 0.3) is 0 Å². The summed E-state index contributed by atoms with van der Waals surface area (Å²) >= 11 is 0. The molecule has 2 rings (SSSR count). The van der Waals surface area contributed by atoms with Crippen LogP contribution in [0.1, 0.15) is 25.5 Å². The highest BCUT2D eigenvalue weighted by atomic mass is 16.5. The first-order chi connectivity index (χ1) is 6.27. The van der Waals surface area contributed by atoms with Gasteiger partial charge in [-0.25, -0.2) is 0 Å². The van der Waals surface area contributed by atoms with Crippen molar-refractivity contribution in [3.8, 4) is 0 Å². The van der Waals surface area contributed by atoms with Gasteiger partial charge in [-0.1, -0.05) is 30.3 Å². The Morgan fingerprint density at radius 3 is 2.38 bits per heavy atom. The molecule has 1 aliphatic heterocycles. The topological polar surface area (TPSA) is 21.3 Å². The Labute approximate surface area is 78.9 Å². The van der Waals surface area contributed by atoms with E-state index < -0.39 is 0 Å². The van der Waals surface area contributed by atoms with Crippen LogP contribution in [0.5, 0.6) is 0 Å². The second-order valence-electron chi connectivity index (χ2n) is 3.56. The normalized spacial score (nSPS) is 33.5. The van der Waals surface area contributed by atoms with Crippen LogP contribution >= 0.6 is 0 Å². The first-order valence-electron chi connectivity index (χ1n) is 4.74. The summed E-state index contributed by atoms with van der Waals surface area (Å²) < 4.78 is 5.75. The molecule has 2 heteroatoms. The lowest BCUT2D eigenvalue weighted by Gasteiger charge is -2.13. The van der Waals surface area contributed by atoms with Crippen LogP contribution in [-0.4, -0.2) is 12.3 Å². The number of nitrogens with one attached hydrogen (secondary N) is 1. The van der Waals surface area contributed by atoms with Gasteiger partial charge in [0, 0.05) is 6.04 Å². The van der Waals surface area contributed by atoms with Crippen LogP contribution in [0.2, 0.25) is 0 Å². The summed E-state index contributed by atoms with van der Waals surface area (Å²) in [6, 6.07) is 10.8. The second kappa shape index (κ2) is 3.48. The smallest absolute Gasteiger partial charge is 0.106 e. The van der Waals surface area contributed by atoms with Crippen molar-refractivity contribution in [2.75, 3.05) is 0 Å². The lowest BCUT2D eigenvalue weighted by Crippen LogP contribution is -2.26. The van der Waals surface area contributed by atoms with Crippen LogP contribution in [0.15, 0.2) is 30.3 Å². The standard InChI is InChI=1S/C11H15NO/c1-8-11(13-9(2)12-8)10-6-4-3-5-7-10/h3-9,11-12H,1-2H3/t8-,9-,11-/m1/s1. The van der Waals surface area contributed by atoms with E-state index in [4.69, 9.17) is 4.74 Å². The first kappa shape index (κ1) is 8.73. The fourth-order valence-corrected chi connectivity index (χ4v) is 1.84. The largest absolute Gasteiger partial charge is 0.354 e. The number of ether oxygens (including phenoxy) is 1. The number of benzene rings is 1. The first-order valence-corrected chi connectivity index (χ1v) is 4.74. The SMILES string of the molecule is C[C@@H]1N[C@H](C)[C@H](c2ccccc2)O1. The summed E-state index contributed by atoms with van der Waals surface area (Å²) in [4.78, 5) is 0. The van der Waals surface area contributed by atoms with Crippen molar-refractivity contribution in [3.63, 3.8) is 0 Å². The average molecular weight is 177 g/mol. The minimum Gasteiger partial charge on any atom is -0.354 e. The van der Waals surface area contributed by atoms with Gasteiger partial charge in [-0.15, -0.1) is 0 Å². The van der Waals surface area contributed by atoms with E-state index in [1.54, 1.807) is 0 Å². The lowest BCUT2D eigenvalue weighted by atomic mass is 10.0. The zero-order valence-electron chi connectivity index (χ0n) is 8.03. The van der Waals surface area contributed by atoms with Crippen LogP contribution in [0.4, 0.5) is 0 Å². The maximum atomic E-state index is 5.75. The molecule has 1 fully saturated rings. The highest BCUT2D eigenvalue weighted by molar-refractivity contribution is 5.19. The molecular formula is C11H15NO. The average Bonchev–Trinajstić information content (AvgIpc) is 2.47. The molecule has 13 heavy (non-hydrogen) atoms. The number of hydrogen-bond donors (Lipinski definition) is 1. The van der Waals surface area contributed by atoms with Crippen LogP contribution in [0, 0.1) is 0 Å². The van der Waals surface area contributed by atoms with Crippen LogP contribution in [-0.2, 0) is 4.74 Å². The van der Waals surface area contributed by atoms with Gasteiger partial charge >= 0.3 is 0 Å². The van der Waals surface area contributed by atoms with E-state index in [2.05, 4.69) is 36.5 Å². The summed E-state index contributed by atoms with van der Waals surface area (Å²) in [5.74, 6) is 0. The van der Waals surface area contributed by atoms with E-state index in [1.165, 1.54) is 5.56 Å². The third kappa shape index (κ3) is 1.74. The van der Waals surface area contributed by atoms with Gasteiger partial charge in [-0.05, 0) is 19.4 Å². The molecule has 0 unspecified atom stereocenters. The molecule has 0 spiro atoms. The maximum Gasteiger partial charge on any atom is 0.106 e. The van der Waals surface area contributed by atoms with Crippen LogP contribution in [0.3, 0.4) is 0 Å². The molecule has 0 radical (unpaired) electrons. The second-order valence-corrected chi connectivity index (χ2v) is 3.56. The van der Waals surface area contributed by atoms with Crippen molar-refractivity contribution in [3.05, 3.63) is 35.9 Å². The predicted molar refractivity (Wildman–Crippen MR) is 52.3 cm³/mol. The van der Waals surface area contributed by atoms with Crippen molar-refractivity contribution in [2.24, 2.45) is 0 Å². The van der Waals surface area contributed by atoms with Gasteiger partial charge < -0.3 is 4.74 Å². The molecule has 70 valence electrons. The monoisotopic (exact) mass is 177 g/mol. The summed E-state index contributed by atoms with van der Waals surface area (Å²) in [6.07, 6.45) is 0.372. The van der Waals surface area contributed by atoms with Crippen molar-refractivity contribution in [2.45, 2.75) is 32.2 Å². The van der Waals surface area contributed by atoms with Gasteiger partial charge in [0.05, 0.1) is 6.10 Å². The molecule has 3 atom stereocenters. The molecule has 0 amide bonds. The van der Waals surface area contributed by atoms with E-state index >= 15 is 0 Å². The third-order valence-corrected chi connectivity index (χ3v) is 2.43. The van der Waals surface area contributed by atoms with E-state index in [-0.39, 0.29) is 12.3 Å². The molecule has 1 heterocycles. The molecule has 0 aromatic heterocycles. The minimum atomic E-state index is 0.167. The number of hydrogen-bond acceptors (Lipinski definition) is 2. The van der Waals surface area contributed by atoms with E-state index in [0.717, 1.165) is 0 Å². The van der Waals surface area contributed by atoms with Gasteiger partial charge in [0.1, 0.15) is 6.23 Å². The highest BCUT2D eigenvalue weighted by Gasteiger charge is 2.29. The Bertz CT molecular complexity index is 273. The fraction of sp³-hybridized carbons (Fsp3) is 0.455. The van der Waals surface area contributed by atoms with Gasteiger partial charge in [0.2, 0.25) is 0 Å². The maximum absolute atomic E-state index is 5.75. The Morgan fingerprint density at radius 2 is 1.85 bits per heavy atom. The molecule has 1 aliphatic rings. The van der Waals surface area contributed by atoms with E-state index in [0.29, 0.717) is 6.04 Å². The quantitative estimate of drug-likeness (QED) is 0.709. The molecule has 1 aromatic rings. The zero-order valence-corrected chi connectivity index (χ0v) is 8.03. The van der Waals surface area contributed by atoms with Gasteiger partial charge in [-0.2, -0.15) is 0 Å². The molecule has 1 N–H and O–H groups in total. The van der Waals surface area contributed by atoms with Crippen molar-refractivity contribution >= 4 is 0 Å². The van der Waals surface area contributed by atoms with Crippen LogP contribution in [0.25, 0.3) is 0 Å². The summed E-state index contributed by atoms with van der Waals surface area (Å²) in [5, 5.41) is 3.34. The molecule has 0 bridgehead atoms. The molecule has 1 saturated heterocycles. The third-order valence-electron chi connectivity index (χ3n) is 2.43. The fourth-order valence-electron chi connectivity index (χ4n) is 1.84. The van der Waals surface area contributed by atoms with Crippen LogP contribution < -0.4 is 5.32 Å². The summed E-state index contributed by atoms with van der Waals surface area (Å²) in [5.41, 5.74) is 1.26. The Morgan fingerprint density at radius 1 is 1.15 bits per heavy atom. The Kier molecular flexibility index (Phi) is 2.34.